The van der Waals surface area contributed by atoms with Gasteiger partial charge in [-0.3, -0.25) is 14.4 Å². The van der Waals surface area contributed by atoms with E-state index in [0.717, 1.165) is 63.2 Å². The van der Waals surface area contributed by atoms with Gasteiger partial charge in [0, 0.05) is 25.3 Å². The molecule has 2 fully saturated rings. The zero-order valence-electron chi connectivity index (χ0n) is 24.0. The summed E-state index contributed by atoms with van der Waals surface area (Å²) in [5.74, 6) is -2.70. The van der Waals surface area contributed by atoms with Crippen molar-refractivity contribution in [3.8, 4) is 0 Å². The largest absolute Gasteiger partial charge is 0.490 e. The third-order valence-electron chi connectivity index (χ3n) is 7.19. The Morgan fingerprint density at radius 1 is 0.976 bits per heavy atom. The Bertz CT molecular complexity index is 1310. The summed E-state index contributed by atoms with van der Waals surface area (Å²) in [5, 5.41) is 10.2. The smallest absolute Gasteiger partial charge is 0.475 e. The molecule has 42 heavy (non-hydrogen) atoms. The van der Waals surface area contributed by atoms with Gasteiger partial charge < -0.3 is 15.2 Å². The van der Waals surface area contributed by atoms with E-state index in [2.05, 4.69) is 35.7 Å². The third kappa shape index (κ3) is 9.17. The van der Waals surface area contributed by atoms with Gasteiger partial charge >= 0.3 is 12.1 Å². The molecule has 1 saturated heterocycles. The van der Waals surface area contributed by atoms with E-state index in [1.165, 1.54) is 0 Å². The van der Waals surface area contributed by atoms with Crippen molar-refractivity contribution in [2.75, 3.05) is 44.1 Å². The van der Waals surface area contributed by atoms with Gasteiger partial charge in [0.25, 0.3) is 10.0 Å². The summed E-state index contributed by atoms with van der Waals surface area (Å²) in [7, 11) is -3.69. The first-order valence-electron chi connectivity index (χ1n) is 13.7. The van der Waals surface area contributed by atoms with Gasteiger partial charge in [-0.2, -0.15) is 13.2 Å². The van der Waals surface area contributed by atoms with Crippen molar-refractivity contribution in [2.45, 2.75) is 61.9 Å². The number of carboxylic acids is 1. The predicted octanol–water partition coefficient (Wildman–Crippen LogP) is 4.29. The molecule has 3 N–H and O–H groups in total. The van der Waals surface area contributed by atoms with Crippen LogP contribution in [0.15, 0.2) is 53.4 Å². The molecule has 0 radical (unpaired) electrons. The Hall–Kier alpha value is -3.16. The van der Waals surface area contributed by atoms with Crippen LogP contribution in [0.1, 0.15) is 51.2 Å². The topological polar surface area (TPSA) is 125 Å². The molecule has 0 spiro atoms. The molecule has 1 amide bonds. The van der Waals surface area contributed by atoms with Crippen LogP contribution in [-0.2, 0) is 35.2 Å². The van der Waals surface area contributed by atoms with Gasteiger partial charge in [-0.15, -0.1) is 0 Å². The number of carboxylic acid groups (broad SMARTS) is 1. The highest BCUT2D eigenvalue weighted by Crippen LogP contribution is 2.48. The summed E-state index contributed by atoms with van der Waals surface area (Å²) in [5.41, 5.74) is 1.96. The maximum Gasteiger partial charge on any atom is 0.490 e. The lowest BCUT2D eigenvalue weighted by molar-refractivity contribution is -0.192. The molecule has 0 unspecified atom stereocenters. The minimum Gasteiger partial charge on any atom is -0.475 e. The van der Waals surface area contributed by atoms with E-state index in [-0.39, 0.29) is 16.2 Å². The molecule has 1 aliphatic heterocycles. The second-order valence-corrected chi connectivity index (χ2v) is 13.1. The number of halogens is 3. The molecular formula is C29H38F3N3O6S. The number of hydrogen-bond acceptors (Lipinski definition) is 6. The number of carbonyl (C=O) groups is 2. The minimum atomic E-state index is -5.08. The average molecular weight is 614 g/mol. The lowest BCUT2D eigenvalue weighted by atomic mass is 9.87. The molecule has 1 aliphatic carbocycles. The fraction of sp³-hybridized carbons (Fsp3) is 0.517. The van der Waals surface area contributed by atoms with Crippen molar-refractivity contribution in [2.24, 2.45) is 0 Å². The third-order valence-corrected chi connectivity index (χ3v) is 8.59. The van der Waals surface area contributed by atoms with Crippen molar-refractivity contribution in [1.82, 2.24) is 10.2 Å². The molecular weight excluding hydrogens is 575 g/mol. The van der Waals surface area contributed by atoms with Crippen LogP contribution in [0.5, 0.6) is 0 Å². The molecule has 0 atom stereocenters. The molecule has 2 aromatic rings. The molecule has 9 nitrogen and oxygen atoms in total. The Kier molecular flexibility index (Phi) is 10.7. The zero-order chi connectivity index (χ0) is 31.2. The first-order chi connectivity index (χ1) is 19.5. The van der Waals surface area contributed by atoms with Gasteiger partial charge in [0.2, 0.25) is 5.91 Å². The number of rotatable bonds is 9. The first kappa shape index (κ1) is 33.3. The summed E-state index contributed by atoms with van der Waals surface area (Å²) >= 11 is 0. The Labute approximate surface area is 244 Å². The SMILES string of the molecule is CC(C)(C)c1ccc(S(=O)(=O)Nc2ccc(C3(C(=O)NCCCN4CCOCC4)CC3)cc2)cc1.O=C(O)C(F)(F)F. The number of anilines is 1. The number of nitrogens with one attached hydrogen (secondary N) is 2. The highest BCUT2D eigenvalue weighted by Gasteiger charge is 2.51. The normalized spacial score (nSPS) is 17.0. The summed E-state index contributed by atoms with van der Waals surface area (Å²) in [6, 6.07) is 14.2. The fourth-order valence-corrected chi connectivity index (χ4v) is 5.53. The maximum absolute atomic E-state index is 12.9. The van der Waals surface area contributed by atoms with Gasteiger partial charge in [0.15, 0.2) is 0 Å². The number of aliphatic carboxylic acids is 1. The van der Waals surface area contributed by atoms with Crippen molar-refractivity contribution >= 4 is 27.6 Å². The van der Waals surface area contributed by atoms with Gasteiger partial charge in [-0.1, -0.05) is 45.0 Å². The van der Waals surface area contributed by atoms with E-state index in [4.69, 9.17) is 14.6 Å². The number of benzene rings is 2. The molecule has 2 aliphatic rings. The highest BCUT2D eigenvalue weighted by molar-refractivity contribution is 7.92. The second-order valence-electron chi connectivity index (χ2n) is 11.4. The molecule has 13 heteroatoms. The summed E-state index contributed by atoms with van der Waals surface area (Å²) in [6.45, 7) is 11.4. The van der Waals surface area contributed by atoms with E-state index in [0.29, 0.717) is 12.2 Å². The van der Waals surface area contributed by atoms with Crippen molar-refractivity contribution in [3.63, 3.8) is 0 Å². The fourth-order valence-electron chi connectivity index (χ4n) is 4.48. The van der Waals surface area contributed by atoms with Crippen LogP contribution < -0.4 is 10.0 Å². The van der Waals surface area contributed by atoms with Crippen LogP contribution in [-0.4, -0.2) is 75.9 Å². The van der Waals surface area contributed by atoms with Gasteiger partial charge in [0.1, 0.15) is 0 Å². The van der Waals surface area contributed by atoms with E-state index in [1.54, 1.807) is 24.3 Å². The van der Waals surface area contributed by atoms with Crippen LogP contribution in [0.2, 0.25) is 0 Å². The van der Waals surface area contributed by atoms with E-state index in [9.17, 15) is 26.4 Å². The molecule has 2 aromatic carbocycles. The zero-order valence-corrected chi connectivity index (χ0v) is 24.8. The van der Waals surface area contributed by atoms with Crippen LogP contribution >= 0.6 is 0 Å². The predicted molar refractivity (Wildman–Crippen MR) is 152 cm³/mol. The summed E-state index contributed by atoms with van der Waals surface area (Å²) in [6.07, 6.45) is -2.54. The molecule has 0 bridgehead atoms. The molecule has 1 heterocycles. The van der Waals surface area contributed by atoms with Crippen LogP contribution in [0, 0.1) is 0 Å². The number of nitrogens with zero attached hydrogens (tertiary/aromatic N) is 1. The molecule has 1 saturated carbocycles. The number of hydrogen-bond donors (Lipinski definition) is 3. The highest BCUT2D eigenvalue weighted by atomic mass is 32.2. The Morgan fingerprint density at radius 2 is 1.52 bits per heavy atom. The summed E-state index contributed by atoms with van der Waals surface area (Å²) < 4.78 is 65.4. The number of carbonyl (C=O) groups excluding carboxylic acids is 1. The summed E-state index contributed by atoms with van der Waals surface area (Å²) in [4.78, 5) is 24.4. The van der Waals surface area contributed by atoms with Gasteiger partial charge in [-0.05, 0) is 66.6 Å². The van der Waals surface area contributed by atoms with Crippen molar-refractivity contribution < 1.29 is 41.0 Å². The molecule has 4 rings (SSSR count). The monoisotopic (exact) mass is 613 g/mol. The van der Waals surface area contributed by atoms with Crippen molar-refractivity contribution in [1.29, 1.82) is 0 Å². The van der Waals surface area contributed by atoms with Crippen molar-refractivity contribution in [3.05, 3.63) is 59.7 Å². The number of morpholine rings is 1. The maximum atomic E-state index is 12.9. The minimum absolute atomic E-state index is 0.0423. The Balaban J connectivity index is 0.000000616. The van der Waals surface area contributed by atoms with Gasteiger partial charge in [0.05, 0.1) is 23.5 Å². The standard InChI is InChI=1S/C27H37N3O4S.C2HF3O2/c1-26(2,3)21-7-11-24(12-8-21)35(32,33)29-23-9-5-22(6-10-23)27(13-14-27)25(31)28-15-4-16-30-17-19-34-20-18-30;3-2(4,5)1(6)7/h5-12,29H,4,13-20H2,1-3H3,(H,28,31);(H,6,7). The number of alkyl halides is 3. The van der Waals surface area contributed by atoms with Gasteiger partial charge in [-0.25, -0.2) is 13.2 Å². The molecule has 0 aromatic heterocycles. The average Bonchev–Trinajstić information content (AvgIpc) is 3.73. The first-order valence-corrected chi connectivity index (χ1v) is 15.2. The van der Waals surface area contributed by atoms with E-state index < -0.39 is 27.6 Å². The van der Waals surface area contributed by atoms with Crippen LogP contribution in [0.3, 0.4) is 0 Å². The Morgan fingerprint density at radius 3 is 2.00 bits per heavy atom. The lowest BCUT2D eigenvalue weighted by Gasteiger charge is -2.26. The van der Waals surface area contributed by atoms with E-state index >= 15 is 0 Å². The van der Waals surface area contributed by atoms with E-state index in [1.807, 2.05) is 24.3 Å². The second kappa shape index (κ2) is 13.4. The number of sulfonamides is 1. The quantitative estimate of drug-likeness (QED) is 0.361. The lowest BCUT2D eigenvalue weighted by Crippen LogP contribution is -2.39. The van der Waals surface area contributed by atoms with Crippen LogP contribution in [0.4, 0.5) is 18.9 Å². The molecule has 232 valence electrons. The van der Waals surface area contributed by atoms with Crippen LogP contribution in [0.25, 0.3) is 0 Å². The number of ether oxygens (including phenoxy) is 1. The number of amides is 1.